The SMILES string of the molecule is CCN1CCC(O)(CC(C)C)CC1. The summed E-state index contributed by atoms with van der Waals surface area (Å²) in [7, 11) is 0. The van der Waals surface area contributed by atoms with E-state index in [1.54, 1.807) is 0 Å². The molecule has 1 aliphatic heterocycles. The lowest BCUT2D eigenvalue weighted by atomic mass is 9.84. The number of likely N-dealkylation sites (tertiary alicyclic amines) is 1. The van der Waals surface area contributed by atoms with Crippen LogP contribution in [-0.2, 0) is 0 Å². The minimum Gasteiger partial charge on any atom is -0.390 e. The van der Waals surface area contributed by atoms with E-state index < -0.39 is 0 Å². The van der Waals surface area contributed by atoms with Gasteiger partial charge < -0.3 is 10.0 Å². The van der Waals surface area contributed by atoms with Crippen LogP contribution in [0.3, 0.4) is 0 Å². The third kappa shape index (κ3) is 3.28. The molecule has 1 heterocycles. The Hall–Kier alpha value is -0.0800. The van der Waals surface area contributed by atoms with E-state index in [0.717, 1.165) is 38.9 Å². The van der Waals surface area contributed by atoms with Crippen molar-refractivity contribution in [1.82, 2.24) is 4.90 Å². The predicted octanol–water partition coefficient (Wildman–Crippen LogP) is 1.88. The molecule has 0 aromatic heterocycles. The molecule has 78 valence electrons. The van der Waals surface area contributed by atoms with Gasteiger partial charge in [-0.25, -0.2) is 0 Å². The molecule has 2 heteroatoms. The Morgan fingerprint density at radius 1 is 1.31 bits per heavy atom. The van der Waals surface area contributed by atoms with Crippen LogP contribution in [0, 0.1) is 5.92 Å². The van der Waals surface area contributed by atoms with E-state index in [1.165, 1.54) is 0 Å². The topological polar surface area (TPSA) is 23.5 Å². The van der Waals surface area contributed by atoms with E-state index in [-0.39, 0.29) is 5.60 Å². The Morgan fingerprint density at radius 3 is 2.23 bits per heavy atom. The molecule has 0 atom stereocenters. The summed E-state index contributed by atoms with van der Waals surface area (Å²) in [6.07, 6.45) is 2.88. The summed E-state index contributed by atoms with van der Waals surface area (Å²) < 4.78 is 0. The zero-order valence-electron chi connectivity index (χ0n) is 9.21. The smallest absolute Gasteiger partial charge is 0.0674 e. The van der Waals surface area contributed by atoms with Gasteiger partial charge in [0.25, 0.3) is 0 Å². The normalized spacial score (nSPS) is 23.8. The van der Waals surface area contributed by atoms with E-state index in [0.29, 0.717) is 5.92 Å². The van der Waals surface area contributed by atoms with Gasteiger partial charge in [-0.2, -0.15) is 0 Å². The maximum atomic E-state index is 10.2. The second-order valence-corrected chi connectivity index (χ2v) is 4.76. The number of hydrogen-bond donors (Lipinski definition) is 1. The fourth-order valence-electron chi connectivity index (χ4n) is 2.25. The molecule has 0 aromatic rings. The highest BCUT2D eigenvalue weighted by Gasteiger charge is 2.31. The lowest BCUT2D eigenvalue weighted by molar-refractivity contribution is -0.0349. The number of piperidine rings is 1. The highest BCUT2D eigenvalue weighted by Crippen LogP contribution is 2.28. The number of aliphatic hydroxyl groups is 1. The molecule has 0 bridgehead atoms. The summed E-state index contributed by atoms with van der Waals surface area (Å²) in [4.78, 5) is 2.41. The summed E-state index contributed by atoms with van der Waals surface area (Å²) >= 11 is 0. The Bertz CT molecular complexity index is 148. The highest BCUT2D eigenvalue weighted by molar-refractivity contribution is 4.86. The van der Waals surface area contributed by atoms with Crippen LogP contribution in [0.1, 0.15) is 40.0 Å². The minimum atomic E-state index is -0.361. The summed E-state index contributed by atoms with van der Waals surface area (Å²) in [5.74, 6) is 0.609. The molecule has 0 unspecified atom stereocenters. The molecular formula is C11H23NO. The first-order valence-corrected chi connectivity index (χ1v) is 5.50. The zero-order valence-corrected chi connectivity index (χ0v) is 9.21. The first-order chi connectivity index (χ1) is 6.06. The average Bonchev–Trinajstić information content (AvgIpc) is 2.04. The molecule has 0 aromatic carbocycles. The third-order valence-corrected chi connectivity index (χ3v) is 3.02. The van der Waals surface area contributed by atoms with Gasteiger partial charge in [0, 0.05) is 13.1 Å². The Balaban J connectivity index is 2.37. The van der Waals surface area contributed by atoms with Gasteiger partial charge in [0.1, 0.15) is 0 Å². The van der Waals surface area contributed by atoms with Crippen molar-refractivity contribution in [2.75, 3.05) is 19.6 Å². The van der Waals surface area contributed by atoms with Crippen LogP contribution in [0.25, 0.3) is 0 Å². The van der Waals surface area contributed by atoms with Crippen molar-refractivity contribution < 1.29 is 5.11 Å². The van der Waals surface area contributed by atoms with Crippen molar-refractivity contribution in [3.05, 3.63) is 0 Å². The van der Waals surface area contributed by atoms with E-state index in [1.807, 2.05) is 0 Å². The second-order valence-electron chi connectivity index (χ2n) is 4.76. The molecule has 0 spiro atoms. The van der Waals surface area contributed by atoms with Crippen molar-refractivity contribution in [1.29, 1.82) is 0 Å². The quantitative estimate of drug-likeness (QED) is 0.725. The van der Waals surface area contributed by atoms with Gasteiger partial charge in [0.15, 0.2) is 0 Å². The van der Waals surface area contributed by atoms with Crippen molar-refractivity contribution in [2.45, 2.75) is 45.6 Å². The van der Waals surface area contributed by atoms with Gasteiger partial charge in [-0.05, 0) is 31.7 Å². The molecular weight excluding hydrogens is 162 g/mol. The maximum absolute atomic E-state index is 10.2. The molecule has 0 aliphatic carbocycles. The first-order valence-electron chi connectivity index (χ1n) is 5.50. The molecule has 0 amide bonds. The van der Waals surface area contributed by atoms with E-state index >= 15 is 0 Å². The predicted molar refractivity (Wildman–Crippen MR) is 55.8 cm³/mol. The lowest BCUT2D eigenvalue weighted by Gasteiger charge is -2.38. The van der Waals surface area contributed by atoms with Crippen molar-refractivity contribution >= 4 is 0 Å². The third-order valence-electron chi connectivity index (χ3n) is 3.02. The van der Waals surface area contributed by atoms with Crippen LogP contribution in [0.15, 0.2) is 0 Å². The largest absolute Gasteiger partial charge is 0.390 e. The van der Waals surface area contributed by atoms with Gasteiger partial charge in [-0.3, -0.25) is 0 Å². The molecule has 1 rings (SSSR count). The fourth-order valence-corrected chi connectivity index (χ4v) is 2.25. The molecule has 1 fully saturated rings. The average molecular weight is 185 g/mol. The molecule has 2 nitrogen and oxygen atoms in total. The zero-order chi connectivity index (χ0) is 9.90. The first kappa shape index (κ1) is 11.0. The van der Waals surface area contributed by atoms with Crippen LogP contribution >= 0.6 is 0 Å². The van der Waals surface area contributed by atoms with Gasteiger partial charge in [-0.15, -0.1) is 0 Å². The Labute approximate surface area is 81.9 Å². The Kier molecular flexibility index (Phi) is 3.74. The number of rotatable bonds is 3. The highest BCUT2D eigenvalue weighted by atomic mass is 16.3. The summed E-state index contributed by atoms with van der Waals surface area (Å²) in [5.41, 5.74) is -0.361. The monoisotopic (exact) mass is 185 g/mol. The van der Waals surface area contributed by atoms with Gasteiger partial charge in [0.05, 0.1) is 5.60 Å². The van der Waals surface area contributed by atoms with Crippen molar-refractivity contribution in [3.8, 4) is 0 Å². The molecule has 1 saturated heterocycles. The molecule has 0 radical (unpaired) electrons. The van der Waals surface area contributed by atoms with E-state index in [9.17, 15) is 5.11 Å². The van der Waals surface area contributed by atoms with Gasteiger partial charge in [-0.1, -0.05) is 20.8 Å². The van der Waals surface area contributed by atoms with Crippen LogP contribution in [0.2, 0.25) is 0 Å². The van der Waals surface area contributed by atoms with Gasteiger partial charge in [0.2, 0.25) is 0 Å². The summed E-state index contributed by atoms with van der Waals surface area (Å²) in [5, 5.41) is 10.2. The van der Waals surface area contributed by atoms with E-state index in [4.69, 9.17) is 0 Å². The standard InChI is InChI=1S/C11H23NO/c1-4-12-7-5-11(13,6-8-12)9-10(2)3/h10,13H,4-9H2,1-3H3. The van der Waals surface area contributed by atoms with Crippen LogP contribution in [0.5, 0.6) is 0 Å². The molecule has 1 N–H and O–H groups in total. The molecule has 13 heavy (non-hydrogen) atoms. The summed E-state index contributed by atoms with van der Waals surface area (Å²) in [6, 6.07) is 0. The van der Waals surface area contributed by atoms with Crippen LogP contribution in [0.4, 0.5) is 0 Å². The van der Waals surface area contributed by atoms with Crippen LogP contribution < -0.4 is 0 Å². The summed E-state index contributed by atoms with van der Waals surface area (Å²) in [6.45, 7) is 9.82. The number of nitrogens with zero attached hydrogens (tertiary/aromatic N) is 1. The fraction of sp³-hybridized carbons (Fsp3) is 1.00. The minimum absolute atomic E-state index is 0.361. The molecule has 1 aliphatic rings. The number of hydrogen-bond acceptors (Lipinski definition) is 2. The Morgan fingerprint density at radius 2 is 1.85 bits per heavy atom. The molecule has 0 saturated carbocycles. The van der Waals surface area contributed by atoms with Crippen LogP contribution in [-0.4, -0.2) is 35.2 Å². The maximum Gasteiger partial charge on any atom is 0.0674 e. The lowest BCUT2D eigenvalue weighted by Crippen LogP contribution is -2.44. The van der Waals surface area contributed by atoms with Crippen molar-refractivity contribution in [2.24, 2.45) is 5.92 Å². The van der Waals surface area contributed by atoms with Crippen molar-refractivity contribution in [3.63, 3.8) is 0 Å². The van der Waals surface area contributed by atoms with Gasteiger partial charge >= 0.3 is 0 Å². The second kappa shape index (κ2) is 4.43. The van der Waals surface area contributed by atoms with E-state index in [2.05, 4.69) is 25.7 Å².